The number of halogens is 2. The third-order valence-electron chi connectivity index (χ3n) is 2.74. The lowest BCUT2D eigenvalue weighted by atomic mass is 10.1. The number of nitrogens with zero attached hydrogens (tertiary/aromatic N) is 1. The van der Waals surface area contributed by atoms with E-state index in [0.717, 1.165) is 5.56 Å². The molecule has 1 aromatic rings. The van der Waals surface area contributed by atoms with Gasteiger partial charge in [0, 0.05) is 18.4 Å². The zero-order chi connectivity index (χ0) is 16.8. The van der Waals surface area contributed by atoms with E-state index in [1.807, 2.05) is 6.07 Å². The highest BCUT2D eigenvalue weighted by Crippen LogP contribution is 2.15. The predicted octanol–water partition coefficient (Wildman–Crippen LogP) is 2.89. The molecule has 0 saturated heterocycles. The average Bonchev–Trinajstić information content (AvgIpc) is 2.42. The van der Waals surface area contributed by atoms with Gasteiger partial charge in [-0.1, -0.05) is 6.07 Å². The maximum Gasteiger partial charge on any atom is 0.407 e. The van der Waals surface area contributed by atoms with E-state index in [-0.39, 0.29) is 6.04 Å². The molecule has 2 N–H and O–H groups in total. The lowest BCUT2D eigenvalue weighted by Gasteiger charge is -2.23. The highest BCUT2D eigenvalue weighted by Gasteiger charge is 2.30. The van der Waals surface area contributed by atoms with Crippen molar-refractivity contribution in [3.63, 3.8) is 0 Å². The average molecular weight is 315 g/mol. The van der Waals surface area contributed by atoms with Gasteiger partial charge in [-0.25, -0.2) is 13.6 Å². The fraction of sp³-hybridized carbons (Fsp3) is 0.600. The van der Waals surface area contributed by atoms with E-state index in [1.54, 1.807) is 46.2 Å². The molecular formula is C15H23F2N3O2. The second-order valence-corrected chi connectivity index (χ2v) is 6.10. The van der Waals surface area contributed by atoms with Crippen molar-refractivity contribution in [3.8, 4) is 0 Å². The van der Waals surface area contributed by atoms with Gasteiger partial charge in [-0.05, 0) is 39.3 Å². The first-order chi connectivity index (χ1) is 10.1. The Bertz CT molecular complexity index is 475. The van der Waals surface area contributed by atoms with Crippen LogP contribution in [0.2, 0.25) is 0 Å². The van der Waals surface area contributed by atoms with Gasteiger partial charge in [-0.15, -0.1) is 0 Å². The first-order valence-corrected chi connectivity index (χ1v) is 7.07. The van der Waals surface area contributed by atoms with Crippen molar-refractivity contribution in [1.82, 2.24) is 15.6 Å². The molecule has 0 aliphatic carbocycles. The normalized spacial score (nSPS) is 13.5. The van der Waals surface area contributed by atoms with Crippen molar-refractivity contribution < 1.29 is 18.3 Å². The van der Waals surface area contributed by atoms with Crippen molar-refractivity contribution in [2.45, 2.75) is 45.3 Å². The summed E-state index contributed by atoms with van der Waals surface area (Å²) in [6.45, 7) is 5.44. The van der Waals surface area contributed by atoms with Crippen LogP contribution in [0.5, 0.6) is 0 Å². The molecule has 0 aliphatic heterocycles. The van der Waals surface area contributed by atoms with Crippen LogP contribution >= 0.6 is 0 Å². The first kappa shape index (κ1) is 18.3. The minimum atomic E-state index is -3.08. The number of carbonyl (C=O) groups is 1. The molecule has 0 aliphatic rings. The van der Waals surface area contributed by atoms with Crippen LogP contribution in [0.3, 0.4) is 0 Å². The van der Waals surface area contributed by atoms with Gasteiger partial charge in [0.1, 0.15) is 5.60 Å². The zero-order valence-electron chi connectivity index (χ0n) is 13.3. The topological polar surface area (TPSA) is 63.2 Å². The van der Waals surface area contributed by atoms with E-state index >= 15 is 0 Å². The third-order valence-corrected chi connectivity index (χ3v) is 2.74. The Morgan fingerprint density at radius 1 is 1.36 bits per heavy atom. The molecule has 0 saturated carbocycles. The number of hydrogen-bond donors (Lipinski definition) is 2. The number of pyridine rings is 1. The lowest BCUT2D eigenvalue weighted by Crippen LogP contribution is -2.45. The van der Waals surface area contributed by atoms with Crippen molar-refractivity contribution in [2.24, 2.45) is 0 Å². The van der Waals surface area contributed by atoms with Gasteiger partial charge < -0.3 is 15.4 Å². The Morgan fingerprint density at radius 2 is 2.05 bits per heavy atom. The molecule has 0 spiro atoms. The summed E-state index contributed by atoms with van der Waals surface area (Å²) in [5.41, 5.74) is 0.102. The molecular weight excluding hydrogens is 292 g/mol. The number of ether oxygens (including phenoxy) is 1. The first-order valence-electron chi connectivity index (χ1n) is 7.07. The van der Waals surface area contributed by atoms with Crippen molar-refractivity contribution in [3.05, 3.63) is 30.1 Å². The van der Waals surface area contributed by atoms with Gasteiger partial charge in [0.15, 0.2) is 0 Å². The number of aromatic nitrogens is 1. The zero-order valence-corrected chi connectivity index (χ0v) is 13.3. The van der Waals surface area contributed by atoms with Crippen LogP contribution in [0.1, 0.15) is 39.3 Å². The highest BCUT2D eigenvalue weighted by atomic mass is 19.3. The largest absolute Gasteiger partial charge is 0.444 e. The second kappa shape index (κ2) is 7.49. The van der Waals surface area contributed by atoms with E-state index in [2.05, 4.69) is 15.6 Å². The molecule has 1 heterocycles. The van der Waals surface area contributed by atoms with Crippen molar-refractivity contribution in [1.29, 1.82) is 0 Å². The molecule has 0 fully saturated rings. The molecule has 124 valence electrons. The Labute approximate surface area is 129 Å². The monoisotopic (exact) mass is 315 g/mol. The van der Waals surface area contributed by atoms with Crippen LogP contribution in [-0.2, 0) is 4.74 Å². The smallest absolute Gasteiger partial charge is 0.407 e. The summed E-state index contributed by atoms with van der Waals surface area (Å²) in [4.78, 5) is 15.3. The minimum absolute atomic E-state index is 0.263. The molecule has 0 bridgehead atoms. The van der Waals surface area contributed by atoms with Gasteiger partial charge in [0.2, 0.25) is 0 Å². The summed E-state index contributed by atoms with van der Waals surface area (Å²) in [5, 5.41) is 4.81. The lowest BCUT2D eigenvalue weighted by molar-refractivity contribution is -0.00525. The number of rotatable bonds is 6. The summed E-state index contributed by atoms with van der Waals surface area (Å²) >= 11 is 0. The molecule has 1 rings (SSSR count). The second-order valence-electron chi connectivity index (χ2n) is 6.10. The van der Waals surface area contributed by atoms with Crippen molar-refractivity contribution in [2.75, 3.05) is 13.1 Å². The Kier molecular flexibility index (Phi) is 6.22. The molecule has 7 heteroatoms. The van der Waals surface area contributed by atoms with Crippen LogP contribution in [-0.4, -0.2) is 35.7 Å². The molecule has 22 heavy (non-hydrogen) atoms. The van der Waals surface area contributed by atoms with E-state index in [0.29, 0.717) is 0 Å². The molecule has 1 aromatic heterocycles. The number of alkyl carbamates (subject to hydrolysis) is 1. The third kappa shape index (κ3) is 7.31. The van der Waals surface area contributed by atoms with Gasteiger partial charge in [0.25, 0.3) is 5.92 Å². The summed E-state index contributed by atoms with van der Waals surface area (Å²) in [6.07, 6.45) is 2.39. The minimum Gasteiger partial charge on any atom is -0.444 e. The quantitative estimate of drug-likeness (QED) is 0.847. The maximum absolute atomic E-state index is 13.7. The van der Waals surface area contributed by atoms with Gasteiger partial charge in [-0.2, -0.15) is 0 Å². The van der Waals surface area contributed by atoms with Crippen LogP contribution in [0.15, 0.2) is 24.5 Å². The fourth-order valence-corrected chi connectivity index (χ4v) is 1.63. The van der Waals surface area contributed by atoms with E-state index in [4.69, 9.17) is 4.74 Å². The molecule has 5 nitrogen and oxygen atoms in total. The number of hydrogen-bond acceptors (Lipinski definition) is 4. The fourth-order valence-electron chi connectivity index (χ4n) is 1.63. The van der Waals surface area contributed by atoms with E-state index < -0.39 is 30.7 Å². The van der Waals surface area contributed by atoms with Crippen LogP contribution < -0.4 is 10.6 Å². The van der Waals surface area contributed by atoms with E-state index in [9.17, 15) is 13.6 Å². The maximum atomic E-state index is 13.7. The summed E-state index contributed by atoms with van der Waals surface area (Å²) in [5.74, 6) is -3.08. The summed E-state index contributed by atoms with van der Waals surface area (Å²) in [7, 11) is 0. The number of nitrogens with one attached hydrogen (secondary N) is 2. The van der Waals surface area contributed by atoms with Crippen LogP contribution in [0.4, 0.5) is 13.6 Å². The van der Waals surface area contributed by atoms with E-state index in [1.165, 1.54) is 0 Å². The standard InChI is InChI=1S/C15H23F2N3O2/c1-11(12-6-5-7-18-8-12)19-9-15(16,17)10-20-13(21)22-14(2,3)4/h5-8,11,19H,9-10H2,1-4H3,(H,20,21). The van der Waals surface area contributed by atoms with Crippen molar-refractivity contribution >= 4 is 6.09 Å². The molecule has 1 atom stereocenters. The SMILES string of the molecule is CC(NCC(F)(F)CNC(=O)OC(C)(C)C)c1cccnc1. The van der Waals surface area contributed by atoms with Gasteiger partial charge in [0.05, 0.1) is 13.1 Å². The van der Waals surface area contributed by atoms with Crippen LogP contribution in [0.25, 0.3) is 0 Å². The molecule has 1 amide bonds. The molecule has 1 unspecified atom stereocenters. The summed E-state index contributed by atoms with van der Waals surface area (Å²) < 4.78 is 32.4. The Morgan fingerprint density at radius 3 is 2.59 bits per heavy atom. The number of alkyl halides is 2. The molecule has 0 radical (unpaired) electrons. The molecule has 0 aromatic carbocycles. The van der Waals surface area contributed by atoms with Gasteiger partial charge >= 0.3 is 6.09 Å². The number of amides is 1. The Balaban J connectivity index is 2.39. The van der Waals surface area contributed by atoms with Gasteiger partial charge in [-0.3, -0.25) is 4.98 Å². The van der Waals surface area contributed by atoms with Crippen LogP contribution in [0, 0.1) is 0 Å². The predicted molar refractivity (Wildman–Crippen MR) is 79.8 cm³/mol. The Hall–Kier alpha value is -1.76. The highest BCUT2D eigenvalue weighted by molar-refractivity contribution is 5.67. The summed E-state index contributed by atoms with van der Waals surface area (Å²) in [6, 6.07) is 3.29. The number of carbonyl (C=O) groups excluding carboxylic acids is 1.